The van der Waals surface area contributed by atoms with Crippen molar-refractivity contribution in [3.8, 4) is 0 Å². The molecule has 1 aromatic heterocycles. The molecule has 0 saturated carbocycles. The molecule has 0 radical (unpaired) electrons. The van der Waals surface area contributed by atoms with Crippen molar-refractivity contribution in [3.05, 3.63) is 23.9 Å². The molecule has 1 amide bonds. The molecule has 0 aliphatic rings. The van der Waals surface area contributed by atoms with Crippen molar-refractivity contribution in [3.63, 3.8) is 0 Å². The quantitative estimate of drug-likeness (QED) is 0.819. The van der Waals surface area contributed by atoms with E-state index < -0.39 is 0 Å². The van der Waals surface area contributed by atoms with Crippen LogP contribution in [0, 0.1) is 0 Å². The van der Waals surface area contributed by atoms with Crippen molar-refractivity contribution >= 4 is 11.7 Å². The van der Waals surface area contributed by atoms with Crippen LogP contribution in [-0.4, -0.2) is 35.9 Å². The summed E-state index contributed by atoms with van der Waals surface area (Å²) in [6.07, 6.45) is 0. The SMILES string of the molecule is CC(C)Nc1cccc(C(=O)N(C)C)n1. The first-order valence-corrected chi connectivity index (χ1v) is 4.96. The van der Waals surface area contributed by atoms with Crippen LogP contribution in [-0.2, 0) is 0 Å². The molecule has 0 aromatic carbocycles. The summed E-state index contributed by atoms with van der Waals surface area (Å²) in [5, 5.41) is 3.16. The number of carbonyl (C=O) groups is 1. The van der Waals surface area contributed by atoms with Gasteiger partial charge in [0.25, 0.3) is 5.91 Å². The van der Waals surface area contributed by atoms with Crippen LogP contribution in [0.25, 0.3) is 0 Å². The van der Waals surface area contributed by atoms with Crippen molar-refractivity contribution in [1.82, 2.24) is 9.88 Å². The summed E-state index contributed by atoms with van der Waals surface area (Å²) in [7, 11) is 3.43. The van der Waals surface area contributed by atoms with Crippen LogP contribution in [0.1, 0.15) is 24.3 Å². The molecule has 0 fully saturated rings. The van der Waals surface area contributed by atoms with Crippen LogP contribution < -0.4 is 5.32 Å². The monoisotopic (exact) mass is 207 g/mol. The molecule has 15 heavy (non-hydrogen) atoms. The molecule has 4 heteroatoms. The number of rotatable bonds is 3. The fourth-order valence-corrected chi connectivity index (χ4v) is 1.16. The van der Waals surface area contributed by atoms with Crippen LogP contribution >= 0.6 is 0 Å². The highest BCUT2D eigenvalue weighted by Crippen LogP contribution is 2.07. The van der Waals surface area contributed by atoms with Gasteiger partial charge < -0.3 is 10.2 Å². The maximum Gasteiger partial charge on any atom is 0.272 e. The number of pyridine rings is 1. The molecule has 1 aromatic rings. The molecule has 0 bridgehead atoms. The normalized spacial score (nSPS) is 10.2. The average molecular weight is 207 g/mol. The minimum absolute atomic E-state index is 0.0811. The molecule has 0 aliphatic heterocycles. The van der Waals surface area contributed by atoms with Crippen LogP contribution in [0.3, 0.4) is 0 Å². The average Bonchev–Trinajstić information content (AvgIpc) is 2.16. The van der Waals surface area contributed by atoms with Crippen LogP contribution in [0.5, 0.6) is 0 Å². The lowest BCUT2D eigenvalue weighted by Gasteiger charge is -2.12. The number of aromatic nitrogens is 1. The minimum Gasteiger partial charge on any atom is -0.368 e. The highest BCUT2D eigenvalue weighted by Gasteiger charge is 2.09. The van der Waals surface area contributed by atoms with Crippen molar-refractivity contribution in [2.45, 2.75) is 19.9 Å². The van der Waals surface area contributed by atoms with Gasteiger partial charge in [-0.25, -0.2) is 4.98 Å². The number of hydrogen-bond donors (Lipinski definition) is 1. The van der Waals surface area contributed by atoms with Gasteiger partial charge in [0.1, 0.15) is 11.5 Å². The van der Waals surface area contributed by atoms with Gasteiger partial charge in [0.05, 0.1) is 0 Å². The van der Waals surface area contributed by atoms with Gasteiger partial charge in [-0.3, -0.25) is 4.79 Å². The summed E-state index contributed by atoms with van der Waals surface area (Å²) in [5.74, 6) is 0.653. The standard InChI is InChI=1S/C11H17N3O/c1-8(2)12-10-7-5-6-9(13-10)11(15)14(3)4/h5-8H,1-4H3,(H,12,13). The highest BCUT2D eigenvalue weighted by atomic mass is 16.2. The number of carbonyl (C=O) groups excluding carboxylic acids is 1. The first-order valence-electron chi connectivity index (χ1n) is 4.96. The van der Waals surface area contributed by atoms with E-state index in [4.69, 9.17) is 0 Å². The van der Waals surface area contributed by atoms with E-state index in [-0.39, 0.29) is 5.91 Å². The summed E-state index contributed by atoms with van der Waals surface area (Å²) in [6, 6.07) is 5.71. The zero-order chi connectivity index (χ0) is 11.4. The molecule has 0 aliphatic carbocycles. The summed E-state index contributed by atoms with van der Waals surface area (Å²) in [4.78, 5) is 17.4. The van der Waals surface area contributed by atoms with Gasteiger partial charge in [0, 0.05) is 20.1 Å². The van der Waals surface area contributed by atoms with E-state index >= 15 is 0 Å². The fraction of sp³-hybridized carbons (Fsp3) is 0.455. The first kappa shape index (κ1) is 11.5. The molecule has 0 spiro atoms. The summed E-state index contributed by atoms with van der Waals surface area (Å²) < 4.78 is 0. The molecule has 1 N–H and O–H groups in total. The summed E-state index contributed by atoms with van der Waals surface area (Å²) >= 11 is 0. The van der Waals surface area contributed by atoms with E-state index in [2.05, 4.69) is 10.3 Å². The van der Waals surface area contributed by atoms with E-state index in [0.717, 1.165) is 5.82 Å². The number of hydrogen-bond acceptors (Lipinski definition) is 3. The fourth-order valence-electron chi connectivity index (χ4n) is 1.16. The summed E-state index contributed by atoms with van der Waals surface area (Å²) in [5.41, 5.74) is 0.464. The summed E-state index contributed by atoms with van der Waals surface area (Å²) in [6.45, 7) is 4.06. The Morgan fingerprint density at radius 2 is 2.07 bits per heavy atom. The van der Waals surface area contributed by atoms with Crippen molar-refractivity contribution in [2.24, 2.45) is 0 Å². The van der Waals surface area contributed by atoms with Crippen LogP contribution in [0.4, 0.5) is 5.82 Å². The molecular formula is C11H17N3O. The Balaban J connectivity index is 2.87. The van der Waals surface area contributed by atoms with Crippen molar-refractivity contribution < 1.29 is 4.79 Å². The van der Waals surface area contributed by atoms with Crippen LogP contribution in [0.2, 0.25) is 0 Å². The van der Waals surface area contributed by atoms with Gasteiger partial charge in [0.15, 0.2) is 0 Å². The Hall–Kier alpha value is -1.58. The maximum atomic E-state index is 11.6. The van der Waals surface area contributed by atoms with E-state index in [1.54, 1.807) is 20.2 Å². The number of nitrogens with one attached hydrogen (secondary N) is 1. The van der Waals surface area contributed by atoms with Gasteiger partial charge in [-0.05, 0) is 26.0 Å². The largest absolute Gasteiger partial charge is 0.368 e. The second-order valence-electron chi connectivity index (χ2n) is 3.91. The Labute approximate surface area is 90.3 Å². The molecule has 0 saturated heterocycles. The minimum atomic E-state index is -0.0811. The van der Waals surface area contributed by atoms with E-state index in [1.165, 1.54) is 4.90 Å². The zero-order valence-corrected chi connectivity index (χ0v) is 9.61. The zero-order valence-electron chi connectivity index (χ0n) is 9.61. The lowest BCUT2D eigenvalue weighted by atomic mass is 10.3. The smallest absolute Gasteiger partial charge is 0.272 e. The number of nitrogens with zero attached hydrogens (tertiary/aromatic N) is 2. The number of anilines is 1. The second-order valence-corrected chi connectivity index (χ2v) is 3.91. The molecule has 0 unspecified atom stereocenters. The molecule has 1 rings (SSSR count). The van der Waals surface area contributed by atoms with Crippen molar-refractivity contribution in [1.29, 1.82) is 0 Å². The lowest BCUT2D eigenvalue weighted by Crippen LogP contribution is -2.23. The predicted molar refractivity (Wildman–Crippen MR) is 61.0 cm³/mol. The molecule has 82 valence electrons. The van der Waals surface area contributed by atoms with Crippen LogP contribution in [0.15, 0.2) is 18.2 Å². The third kappa shape index (κ3) is 3.23. The van der Waals surface area contributed by atoms with Gasteiger partial charge in [-0.1, -0.05) is 6.07 Å². The van der Waals surface area contributed by atoms with Gasteiger partial charge in [-0.15, -0.1) is 0 Å². The molecule has 1 heterocycles. The van der Waals surface area contributed by atoms with Gasteiger partial charge in [0.2, 0.25) is 0 Å². The molecule has 0 atom stereocenters. The van der Waals surface area contributed by atoms with Crippen molar-refractivity contribution in [2.75, 3.05) is 19.4 Å². The third-order valence-corrected chi connectivity index (χ3v) is 1.81. The predicted octanol–water partition coefficient (Wildman–Crippen LogP) is 1.60. The van der Waals surface area contributed by atoms with E-state index in [0.29, 0.717) is 11.7 Å². The second kappa shape index (κ2) is 4.77. The van der Waals surface area contributed by atoms with E-state index in [1.807, 2.05) is 26.0 Å². The Kier molecular flexibility index (Phi) is 3.66. The third-order valence-electron chi connectivity index (χ3n) is 1.81. The topological polar surface area (TPSA) is 45.2 Å². The highest BCUT2D eigenvalue weighted by molar-refractivity contribution is 5.92. The van der Waals surface area contributed by atoms with Gasteiger partial charge >= 0.3 is 0 Å². The van der Waals surface area contributed by atoms with E-state index in [9.17, 15) is 4.79 Å². The van der Waals surface area contributed by atoms with Gasteiger partial charge in [-0.2, -0.15) is 0 Å². The number of amides is 1. The molecular weight excluding hydrogens is 190 g/mol. The Morgan fingerprint density at radius 3 is 2.60 bits per heavy atom. The lowest BCUT2D eigenvalue weighted by molar-refractivity contribution is 0.0822. The maximum absolute atomic E-state index is 11.6. The molecule has 4 nitrogen and oxygen atoms in total. The Morgan fingerprint density at radius 1 is 1.40 bits per heavy atom. The first-order chi connectivity index (χ1) is 7.00. The Bertz CT molecular complexity index is 347.